The van der Waals surface area contributed by atoms with Crippen molar-refractivity contribution >= 4 is 39.2 Å². The van der Waals surface area contributed by atoms with E-state index >= 15 is 0 Å². The summed E-state index contributed by atoms with van der Waals surface area (Å²) in [5.41, 5.74) is 2.12. The topological polar surface area (TPSA) is 55.1 Å². The van der Waals surface area contributed by atoms with E-state index in [0.717, 1.165) is 38.2 Å². The fraction of sp³-hybridized carbons (Fsp3) is 0.143. The van der Waals surface area contributed by atoms with Gasteiger partial charge in [0.15, 0.2) is 0 Å². The number of benzene rings is 2. The Morgan fingerprint density at radius 2 is 2.00 bits per heavy atom. The average Bonchev–Trinajstić information content (AvgIpc) is 2.67. The zero-order valence-corrected chi connectivity index (χ0v) is 15.2. The third-order valence-corrected chi connectivity index (χ3v) is 5.05. The molecule has 0 aliphatic rings. The Kier molecular flexibility index (Phi) is 4.63. The second-order valence-electron chi connectivity index (χ2n) is 5.92. The zero-order valence-electron chi connectivity index (χ0n) is 14.4. The quantitative estimate of drug-likeness (QED) is 0.305. The molecular formula is C21H18N2O2S. The number of hydrogen-bond acceptors (Lipinski definition) is 5. The van der Waals surface area contributed by atoms with Crippen LogP contribution < -0.4 is 10.9 Å². The maximum Gasteiger partial charge on any atom is 0.336 e. The van der Waals surface area contributed by atoms with Crippen molar-refractivity contribution in [2.45, 2.75) is 18.5 Å². The van der Waals surface area contributed by atoms with Crippen molar-refractivity contribution in [1.29, 1.82) is 0 Å². The fourth-order valence-electron chi connectivity index (χ4n) is 3.07. The van der Waals surface area contributed by atoms with E-state index in [1.807, 2.05) is 42.6 Å². The molecule has 4 rings (SSSR count). The summed E-state index contributed by atoms with van der Waals surface area (Å²) >= 11 is 1.71. The van der Waals surface area contributed by atoms with Crippen LogP contribution >= 0.6 is 11.8 Å². The molecule has 0 amide bonds. The number of pyridine rings is 1. The van der Waals surface area contributed by atoms with Crippen molar-refractivity contribution in [2.75, 3.05) is 11.1 Å². The van der Waals surface area contributed by atoms with Crippen LogP contribution in [0.3, 0.4) is 0 Å². The van der Waals surface area contributed by atoms with E-state index in [2.05, 4.69) is 29.4 Å². The van der Waals surface area contributed by atoms with Gasteiger partial charge in [0.1, 0.15) is 5.58 Å². The molecule has 2 aromatic heterocycles. The highest BCUT2D eigenvalue weighted by molar-refractivity contribution is 7.99. The molecule has 1 N–H and O–H groups in total. The minimum atomic E-state index is -0.336. The van der Waals surface area contributed by atoms with Crippen LogP contribution in [0.5, 0.6) is 0 Å². The molecular weight excluding hydrogens is 344 g/mol. The molecule has 0 spiro atoms. The second kappa shape index (κ2) is 7.22. The van der Waals surface area contributed by atoms with Crippen molar-refractivity contribution in [3.05, 3.63) is 76.8 Å². The standard InChI is InChI=1S/C21H18N2O2S/c1-2-26-19-10-8-16(13-23-19)22-12-15-11-20(24)25-18-9-7-14-5-3-4-6-17(14)21(15)18/h3-11,13,22H,2,12H2,1H3. The van der Waals surface area contributed by atoms with Gasteiger partial charge < -0.3 is 9.73 Å². The number of aromatic nitrogens is 1. The smallest absolute Gasteiger partial charge is 0.336 e. The van der Waals surface area contributed by atoms with Crippen LogP contribution in [0.4, 0.5) is 5.69 Å². The molecule has 0 aliphatic heterocycles. The number of fused-ring (bicyclic) bond motifs is 3. The van der Waals surface area contributed by atoms with Crippen LogP contribution in [-0.4, -0.2) is 10.7 Å². The van der Waals surface area contributed by atoms with E-state index in [0.29, 0.717) is 12.1 Å². The zero-order chi connectivity index (χ0) is 17.9. The molecule has 5 heteroatoms. The summed E-state index contributed by atoms with van der Waals surface area (Å²) in [5, 5.41) is 7.55. The molecule has 0 fully saturated rings. The number of thioether (sulfide) groups is 1. The van der Waals surface area contributed by atoms with Gasteiger partial charge in [-0.05, 0) is 40.3 Å². The number of nitrogens with zero attached hydrogens (tertiary/aromatic N) is 1. The summed E-state index contributed by atoms with van der Waals surface area (Å²) in [5.74, 6) is 0.999. The lowest BCUT2D eigenvalue weighted by Gasteiger charge is -2.11. The first-order valence-corrected chi connectivity index (χ1v) is 9.50. The average molecular weight is 362 g/mol. The van der Waals surface area contributed by atoms with Crippen LogP contribution in [0, 0.1) is 0 Å². The predicted octanol–water partition coefficient (Wildman–Crippen LogP) is 5.07. The maximum absolute atomic E-state index is 12.0. The lowest BCUT2D eigenvalue weighted by molar-refractivity contribution is 0.559. The van der Waals surface area contributed by atoms with Crippen LogP contribution in [0.1, 0.15) is 12.5 Å². The van der Waals surface area contributed by atoms with Gasteiger partial charge in [0.2, 0.25) is 0 Å². The van der Waals surface area contributed by atoms with Crippen molar-refractivity contribution in [3.8, 4) is 0 Å². The number of nitrogens with one attached hydrogen (secondary N) is 1. The molecule has 0 saturated carbocycles. The SMILES string of the molecule is CCSc1ccc(NCc2cc(=O)oc3ccc4ccccc4c23)cn1. The third kappa shape index (κ3) is 3.30. The van der Waals surface area contributed by atoms with Gasteiger partial charge in [0.25, 0.3) is 0 Å². The molecule has 130 valence electrons. The first kappa shape index (κ1) is 16.7. The Labute approximate surface area is 155 Å². The molecule has 2 aromatic carbocycles. The summed E-state index contributed by atoms with van der Waals surface area (Å²) in [6, 6.07) is 17.5. The lowest BCUT2D eigenvalue weighted by Crippen LogP contribution is -2.06. The molecule has 0 radical (unpaired) electrons. The summed E-state index contributed by atoms with van der Waals surface area (Å²) in [6.45, 7) is 2.63. The van der Waals surface area contributed by atoms with E-state index in [4.69, 9.17) is 4.42 Å². The first-order valence-electron chi connectivity index (χ1n) is 8.52. The Morgan fingerprint density at radius 3 is 2.81 bits per heavy atom. The van der Waals surface area contributed by atoms with Crippen molar-refractivity contribution in [3.63, 3.8) is 0 Å². The van der Waals surface area contributed by atoms with Crippen LogP contribution in [0.25, 0.3) is 21.7 Å². The van der Waals surface area contributed by atoms with Gasteiger partial charge in [-0.3, -0.25) is 0 Å². The highest BCUT2D eigenvalue weighted by Gasteiger charge is 2.09. The maximum atomic E-state index is 12.0. The van der Waals surface area contributed by atoms with Crippen LogP contribution in [0.2, 0.25) is 0 Å². The van der Waals surface area contributed by atoms with Crippen molar-refractivity contribution in [1.82, 2.24) is 4.98 Å². The second-order valence-corrected chi connectivity index (χ2v) is 7.21. The highest BCUT2D eigenvalue weighted by atomic mass is 32.2. The predicted molar refractivity (Wildman–Crippen MR) is 108 cm³/mol. The summed E-state index contributed by atoms with van der Waals surface area (Å²) < 4.78 is 5.41. The Morgan fingerprint density at radius 1 is 1.12 bits per heavy atom. The van der Waals surface area contributed by atoms with Gasteiger partial charge in [-0.15, -0.1) is 11.8 Å². The summed E-state index contributed by atoms with van der Waals surface area (Å²) in [6.07, 6.45) is 1.82. The molecule has 0 saturated heterocycles. The van der Waals surface area contributed by atoms with Gasteiger partial charge >= 0.3 is 5.63 Å². The Bertz CT molecular complexity index is 1120. The lowest BCUT2D eigenvalue weighted by atomic mass is 10.0. The molecule has 0 atom stereocenters. The monoisotopic (exact) mass is 362 g/mol. The number of rotatable bonds is 5. The van der Waals surface area contributed by atoms with Gasteiger partial charge in [-0.25, -0.2) is 9.78 Å². The minimum absolute atomic E-state index is 0.336. The molecule has 0 bridgehead atoms. The molecule has 0 unspecified atom stereocenters. The Hall–Kier alpha value is -2.79. The van der Waals surface area contributed by atoms with Gasteiger partial charge in [-0.1, -0.05) is 37.3 Å². The molecule has 26 heavy (non-hydrogen) atoms. The van der Waals surface area contributed by atoms with Crippen molar-refractivity contribution in [2.24, 2.45) is 0 Å². The first-order chi connectivity index (χ1) is 12.7. The fourth-order valence-corrected chi connectivity index (χ4v) is 3.66. The molecule has 0 aliphatic carbocycles. The van der Waals surface area contributed by atoms with E-state index in [1.165, 1.54) is 0 Å². The number of anilines is 1. The molecule has 4 aromatic rings. The summed E-state index contributed by atoms with van der Waals surface area (Å²) in [7, 11) is 0. The third-order valence-electron chi connectivity index (χ3n) is 4.23. The Balaban J connectivity index is 1.71. The minimum Gasteiger partial charge on any atom is -0.423 e. The van der Waals surface area contributed by atoms with Crippen LogP contribution in [-0.2, 0) is 6.54 Å². The number of hydrogen-bond donors (Lipinski definition) is 1. The highest BCUT2D eigenvalue weighted by Crippen LogP contribution is 2.28. The van der Waals surface area contributed by atoms with E-state index in [1.54, 1.807) is 17.8 Å². The van der Waals surface area contributed by atoms with E-state index in [9.17, 15) is 4.79 Å². The van der Waals surface area contributed by atoms with Crippen LogP contribution in [0.15, 0.2) is 75.0 Å². The van der Waals surface area contributed by atoms with E-state index in [-0.39, 0.29) is 5.63 Å². The van der Waals surface area contributed by atoms with Gasteiger partial charge in [0.05, 0.1) is 16.9 Å². The molecule has 2 heterocycles. The largest absolute Gasteiger partial charge is 0.423 e. The summed E-state index contributed by atoms with van der Waals surface area (Å²) in [4.78, 5) is 16.4. The van der Waals surface area contributed by atoms with Gasteiger partial charge in [0, 0.05) is 18.0 Å². The molecule has 4 nitrogen and oxygen atoms in total. The normalized spacial score (nSPS) is 11.1. The van der Waals surface area contributed by atoms with Crippen molar-refractivity contribution < 1.29 is 4.42 Å². The van der Waals surface area contributed by atoms with E-state index < -0.39 is 0 Å². The van der Waals surface area contributed by atoms with Gasteiger partial charge in [-0.2, -0.15) is 0 Å².